The van der Waals surface area contributed by atoms with Crippen molar-refractivity contribution in [2.24, 2.45) is 4.99 Å². The fraction of sp³-hybridized carbons (Fsp3) is 0.565. The van der Waals surface area contributed by atoms with Crippen LogP contribution in [0.25, 0.3) is 0 Å². The summed E-state index contributed by atoms with van der Waals surface area (Å²) in [5.74, 6) is 1.09. The molecule has 1 aliphatic heterocycles. The molecule has 0 saturated carbocycles. The fourth-order valence-corrected chi connectivity index (χ4v) is 3.90. The molecule has 0 unspecified atom stereocenters. The Labute approximate surface area is 192 Å². The summed E-state index contributed by atoms with van der Waals surface area (Å²) in [5.41, 5.74) is 4.13. The summed E-state index contributed by atoms with van der Waals surface area (Å²) < 4.78 is 0. The van der Waals surface area contributed by atoms with Gasteiger partial charge in [-0.3, -0.25) is 9.79 Å². The predicted octanol–water partition coefficient (Wildman–Crippen LogP) is 4.37. The molecule has 0 aromatic heterocycles. The molecule has 0 radical (unpaired) electrons. The van der Waals surface area contributed by atoms with Gasteiger partial charge in [0.25, 0.3) is 0 Å². The van der Waals surface area contributed by atoms with Crippen LogP contribution in [-0.4, -0.2) is 36.4 Å². The summed E-state index contributed by atoms with van der Waals surface area (Å²) in [6.45, 7) is 6.01. The first kappa shape index (κ1) is 23.7. The average Bonchev–Trinajstić information content (AvgIpc) is 3.16. The second kappa shape index (κ2) is 12.9. The SMILES string of the molecule is CCNC(=NCCCC(=O)N1Cc2ccccc2C1)NCCC1=CCCCC1.I. The van der Waals surface area contributed by atoms with Crippen molar-refractivity contribution in [2.45, 2.75) is 65.0 Å². The van der Waals surface area contributed by atoms with Gasteiger partial charge in [-0.1, -0.05) is 35.9 Å². The molecular weight excluding hydrogens is 475 g/mol. The Bertz CT molecular complexity index is 692. The van der Waals surface area contributed by atoms with Crippen molar-refractivity contribution in [3.05, 3.63) is 47.0 Å². The number of fused-ring (bicyclic) bond motifs is 1. The maximum atomic E-state index is 12.5. The van der Waals surface area contributed by atoms with Crippen molar-refractivity contribution >= 4 is 35.8 Å². The number of carbonyl (C=O) groups excluding carboxylic acids is 1. The highest BCUT2D eigenvalue weighted by molar-refractivity contribution is 14.0. The highest BCUT2D eigenvalue weighted by atomic mass is 127. The van der Waals surface area contributed by atoms with Crippen LogP contribution in [0.4, 0.5) is 0 Å². The number of benzene rings is 1. The Kier molecular flexibility index (Phi) is 10.5. The summed E-state index contributed by atoms with van der Waals surface area (Å²) >= 11 is 0. The zero-order valence-electron chi connectivity index (χ0n) is 17.6. The van der Waals surface area contributed by atoms with Gasteiger partial charge in [0.15, 0.2) is 5.96 Å². The van der Waals surface area contributed by atoms with Gasteiger partial charge in [0.05, 0.1) is 0 Å². The van der Waals surface area contributed by atoms with Crippen molar-refractivity contribution in [1.82, 2.24) is 15.5 Å². The number of hydrogen-bond acceptors (Lipinski definition) is 2. The van der Waals surface area contributed by atoms with Crippen LogP contribution in [0.2, 0.25) is 0 Å². The fourth-order valence-electron chi connectivity index (χ4n) is 3.90. The minimum Gasteiger partial charge on any atom is -0.357 e. The lowest BCUT2D eigenvalue weighted by Crippen LogP contribution is -2.38. The van der Waals surface area contributed by atoms with Crippen LogP contribution < -0.4 is 10.6 Å². The molecule has 3 rings (SSSR count). The highest BCUT2D eigenvalue weighted by Crippen LogP contribution is 2.23. The van der Waals surface area contributed by atoms with Crippen molar-refractivity contribution in [1.29, 1.82) is 0 Å². The largest absolute Gasteiger partial charge is 0.357 e. The zero-order chi connectivity index (χ0) is 19.6. The van der Waals surface area contributed by atoms with Crippen LogP contribution >= 0.6 is 24.0 Å². The Balaban J connectivity index is 0.00000300. The van der Waals surface area contributed by atoms with Gasteiger partial charge in [0, 0.05) is 39.1 Å². The number of carbonyl (C=O) groups is 1. The Morgan fingerprint density at radius 3 is 2.55 bits per heavy atom. The van der Waals surface area contributed by atoms with Gasteiger partial charge >= 0.3 is 0 Å². The molecule has 0 saturated heterocycles. The molecule has 1 aromatic rings. The topological polar surface area (TPSA) is 56.7 Å². The maximum absolute atomic E-state index is 12.5. The molecule has 160 valence electrons. The molecule has 2 aliphatic rings. The van der Waals surface area contributed by atoms with Crippen molar-refractivity contribution in [2.75, 3.05) is 19.6 Å². The summed E-state index contributed by atoms with van der Waals surface area (Å²) in [7, 11) is 0. The molecule has 1 amide bonds. The predicted molar refractivity (Wildman–Crippen MR) is 130 cm³/mol. The van der Waals surface area contributed by atoms with Crippen LogP contribution in [0.15, 0.2) is 40.9 Å². The van der Waals surface area contributed by atoms with Crippen LogP contribution in [0.1, 0.15) is 63.0 Å². The molecule has 0 bridgehead atoms. The summed E-state index contributed by atoms with van der Waals surface area (Å²) in [4.78, 5) is 19.1. The van der Waals surface area contributed by atoms with E-state index in [1.165, 1.54) is 36.8 Å². The first-order valence-electron chi connectivity index (χ1n) is 10.8. The van der Waals surface area contributed by atoms with E-state index in [1.54, 1.807) is 5.57 Å². The molecule has 0 atom stereocenters. The van der Waals surface area contributed by atoms with E-state index in [0.29, 0.717) is 13.0 Å². The molecule has 1 aromatic carbocycles. The molecule has 0 fully saturated rings. The van der Waals surface area contributed by atoms with Crippen LogP contribution in [-0.2, 0) is 17.9 Å². The average molecular weight is 510 g/mol. The van der Waals surface area contributed by atoms with E-state index >= 15 is 0 Å². The zero-order valence-corrected chi connectivity index (χ0v) is 19.9. The number of rotatable bonds is 8. The van der Waals surface area contributed by atoms with E-state index in [4.69, 9.17) is 0 Å². The maximum Gasteiger partial charge on any atom is 0.223 e. The van der Waals surface area contributed by atoms with Gasteiger partial charge in [-0.2, -0.15) is 0 Å². The number of hydrogen-bond donors (Lipinski definition) is 2. The van der Waals surface area contributed by atoms with E-state index in [-0.39, 0.29) is 29.9 Å². The minimum absolute atomic E-state index is 0. The molecular formula is C23H35IN4O. The third-order valence-corrected chi connectivity index (χ3v) is 5.48. The normalized spacial score (nSPS) is 16.0. The second-order valence-electron chi connectivity index (χ2n) is 7.67. The highest BCUT2D eigenvalue weighted by Gasteiger charge is 2.22. The summed E-state index contributed by atoms with van der Waals surface area (Å²) in [6, 6.07) is 8.32. The number of nitrogens with zero attached hydrogens (tertiary/aromatic N) is 2. The van der Waals surface area contributed by atoms with Crippen molar-refractivity contribution in [3.8, 4) is 0 Å². The van der Waals surface area contributed by atoms with Gasteiger partial charge < -0.3 is 15.5 Å². The standard InChI is InChI=1S/C23H34N4O.HI/c1-2-24-23(26-16-14-19-9-4-3-5-10-19)25-15-8-13-22(28)27-17-20-11-6-7-12-21(20)18-27;/h6-7,9,11-12H,2-5,8,10,13-18H2,1H3,(H2,24,25,26);1H. The number of allylic oxidation sites excluding steroid dienone is 1. The molecule has 5 nitrogen and oxygen atoms in total. The third kappa shape index (κ3) is 7.64. The van der Waals surface area contributed by atoms with Crippen LogP contribution in [0.5, 0.6) is 0 Å². The van der Waals surface area contributed by atoms with Gasteiger partial charge in [-0.25, -0.2) is 0 Å². The lowest BCUT2D eigenvalue weighted by molar-refractivity contribution is -0.131. The smallest absolute Gasteiger partial charge is 0.223 e. The van der Waals surface area contributed by atoms with Gasteiger partial charge in [-0.15, -0.1) is 24.0 Å². The Morgan fingerprint density at radius 1 is 1.14 bits per heavy atom. The third-order valence-electron chi connectivity index (χ3n) is 5.48. The number of halogens is 1. The second-order valence-corrected chi connectivity index (χ2v) is 7.67. The molecule has 1 aliphatic carbocycles. The van der Waals surface area contributed by atoms with Gasteiger partial charge in [0.2, 0.25) is 5.91 Å². The number of nitrogens with one attached hydrogen (secondary N) is 2. The summed E-state index contributed by atoms with van der Waals surface area (Å²) in [5, 5.41) is 6.73. The lowest BCUT2D eigenvalue weighted by atomic mass is 9.97. The van der Waals surface area contributed by atoms with E-state index in [9.17, 15) is 4.79 Å². The molecule has 1 heterocycles. The van der Waals surface area contributed by atoms with Crippen molar-refractivity contribution in [3.63, 3.8) is 0 Å². The Morgan fingerprint density at radius 2 is 1.90 bits per heavy atom. The number of aliphatic imine (C=N–C) groups is 1. The monoisotopic (exact) mass is 510 g/mol. The van der Waals surface area contributed by atoms with E-state index in [1.807, 2.05) is 17.0 Å². The quantitative estimate of drug-likeness (QED) is 0.180. The molecule has 6 heteroatoms. The van der Waals surface area contributed by atoms with E-state index < -0.39 is 0 Å². The first-order chi connectivity index (χ1) is 13.8. The van der Waals surface area contributed by atoms with Crippen LogP contribution in [0, 0.1) is 0 Å². The molecule has 0 spiro atoms. The van der Waals surface area contributed by atoms with Gasteiger partial charge in [0.1, 0.15) is 0 Å². The van der Waals surface area contributed by atoms with Crippen LogP contribution in [0.3, 0.4) is 0 Å². The van der Waals surface area contributed by atoms with E-state index in [0.717, 1.165) is 45.0 Å². The van der Waals surface area contributed by atoms with Crippen molar-refractivity contribution < 1.29 is 4.79 Å². The Hall–Kier alpha value is -1.57. The minimum atomic E-state index is 0. The first-order valence-corrected chi connectivity index (χ1v) is 10.8. The molecule has 2 N–H and O–H groups in total. The van der Waals surface area contributed by atoms with E-state index in [2.05, 4.69) is 40.8 Å². The number of amides is 1. The lowest BCUT2D eigenvalue weighted by Gasteiger charge is -2.16. The van der Waals surface area contributed by atoms with Gasteiger partial charge in [-0.05, 0) is 56.6 Å². The summed E-state index contributed by atoms with van der Waals surface area (Å²) in [6.07, 6.45) is 9.99. The number of guanidine groups is 1. The molecule has 29 heavy (non-hydrogen) atoms.